The van der Waals surface area contributed by atoms with E-state index >= 15 is 0 Å². The maximum Gasteiger partial charge on any atom is 0.317 e. The van der Waals surface area contributed by atoms with Gasteiger partial charge in [0.05, 0.1) is 0 Å². The second-order valence-electron chi connectivity index (χ2n) is 6.04. The molecule has 4 nitrogen and oxygen atoms in total. The van der Waals surface area contributed by atoms with Crippen LogP contribution in [0.2, 0.25) is 5.02 Å². The van der Waals surface area contributed by atoms with Crippen molar-refractivity contribution in [3.8, 4) is 0 Å². The van der Waals surface area contributed by atoms with Gasteiger partial charge in [-0.05, 0) is 23.3 Å². The Morgan fingerprint density at radius 2 is 1.67 bits per heavy atom. The number of amides is 2. The van der Waals surface area contributed by atoms with Crippen molar-refractivity contribution in [3.05, 3.63) is 70.7 Å². The lowest BCUT2D eigenvalue weighted by Gasteiger charge is -2.34. The van der Waals surface area contributed by atoms with Gasteiger partial charge in [0, 0.05) is 44.3 Å². The molecule has 3 rings (SSSR count). The summed E-state index contributed by atoms with van der Waals surface area (Å²) in [4.78, 5) is 16.5. The molecule has 1 fully saturated rings. The van der Waals surface area contributed by atoms with Crippen molar-refractivity contribution in [1.82, 2.24) is 15.1 Å². The van der Waals surface area contributed by atoms with Crippen LogP contribution in [-0.2, 0) is 13.1 Å². The predicted molar refractivity (Wildman–Crippen MR) is 97.0 cm³/mol. The zero-order valence-electron chi connectivity index (χ0n) is 13.6. The lowest BCUT2D eigenvalue weighted by atomic mass is 10.2. The van der Waals surface area contributed by atoms with Gasteiger partial charge in [-0.1, -0.05) is 54.1 Å². The van der Waals surface area contributed by atoms with E-state index in [1.54, 1.807) is 0 Å². The lowest BCUT2D eigenvalue weighted by Crippen LogP contribution is -2.51. The van der Waals surface area contributed by atoms with Crippen LogP contribution in [0.3, 0.4) is 0 Å². The van der Waals surface area contributed by atoms with Crippen molar-refractivity contribution >= 4 is 17.6 Å². The fourth-order valence-electron chi connectivity index (χ4n) is 2.89. The average Bonchev–Trinajstić information content (AvgIpc) is 2.61. The van der Waals surface area contributed by atoms with Gasteiger partial charge in [0.2, 0.25) is 0 Å². The van der Waals surface area contributed by atoms with Crippen molar-refractivity contribution in [2.24, 2.45) is 0 Å². The van der Waals surface area contributed by atoms with Crippen LogP contribution in [-0.4, -0.2) is 42.0 Å². The highest BCUT2D eigenvalue weighted by atomic mass is 35.5. The second kappa shape index (κ2) is 8.18. The van der Waals surface area contributed by atoms with Crippen LogP contribution >= 0.6 is 11.6 Å². The smallest absolute Gasteiger partial charge is 0.317 e. The molecule has 24 heavy (non-hydrogen) atoms. The molecule has 0 radical (unpaired) electrons. The van der Waals surface area contributed by atoms with E-state index in [-0.39, 0.29) is 6.03 Å². The van der Waals surface area contributed by atoms with Gasteiger partial charge in [0.1, 0.15) is 0 Å². The first-order valence-corrected chi connectivity index (χ1v) is 8.62. The highest BCUT2D eigenvalue weighted by Gasteiger charge is 2.20. The molecule has 0 spiro atoms. The Hall–Kier alpha value is -2.04. The number of carbonyl (C=O) groups is 1. The van der Waals surface area contributed by atoms with Crippen LogP contribution in [0.4, 0.5) is 4.79 Å². The number of hydrogen-bond acceptors (Lipinski definition) is 2. The third-order valence-corrected chi connectivity index (χ3v) is 4.48. The molecule has 1 aliphatic rings. The maximum absolute atomic E-state index is 12.3. The Kier molecular flexibility index (Phi) is 5.72. The van der Waals surface area contributed by atoms with Gasteiger partial charge in [0.25, 0.3) is 0 Å². The highest BCUT2D eigenvalue weighted by Crippen LogP contribution is 2.14. The average molecular weight is 344 g/mol. The van der Waals surface area contributed by atoms with Gasteiger partial charge < -0.3 is 10.2 Å². The summed E-state index contributed by atoms with van der Waals surface area (Å²) in [6.45, 7) is 4.71. The molecule has 0 bridgehead atoms. The summed E-state index contributed by atoms with van der Waals surface area (Å²) in [5, 5.41) is 3.76. The van der Waals surface area contributed by atoms with Crippen molar-refractivity contribution in [2.45, 2.75) is 13.1 Å². The first-order valence-electron chi connectivity index (χ1n) is 8.24. The van der Waals surface area contributed by atoms with Crippen molar-refractivity contribution in [1.29, 1.82) is 0 Å². The molecular weight excluding hydrogens is 322 g/mol. The summed E-state index contributed by atoms with van der Waals surface area (Å²) in [6.07, 6.45) is 0. The van der Waals surface area contributed by atoms with Gasteiger partial charge in [-0.3, -0.25) is 4.90 Å². The van der Waals surface area contributed by atoms with E-state index in [0.29, 0.717) is 6.54 Å². The van der Waals surface area contributed by atoms with Crippen LogP contribution in [0.5, 0.6) is 0 Å². The summed E-state index contributed by atoms with van der Waals surface area (Å²) >= 11 is 6.03. The molecule has 5 heteroatoms. The van der Waals surface area contributed by atoms with Gasteiger partial charge >= 0.3 is 6.03 Å². The predicted octanol–water partition coefficient (Wildman–Crippen LogP) is 3.37. The van der Waals surface area contributed by atoms with Crippen LogP contribution in [0.25, 0.3) is 0 Å². The van der Waals surface area contributed by atoms with Crippen LogP contribution in [0, 0.1) is 0 Å². The molecule has 0 aliphatic carbocycles. The van der Waals surface area contributed by atoms with E-state index < -0.39 is 0 Å². The summed E-state index contributed by atoms with van der Waals surface area (Å²) in [5.74, 6) is 0. The zero-order chi connectivity index (χ0) is 16.8. The molecule has 0 saturated carbocycles. The molecule has 1 heterocycles. The highest BCUT2D eigenvalue weighted by molar-refractivity contribution is 6.30. The van der Waals surface area contributed by atoms with E-state index in [1.165, 1.54) is 5.56 Å². The molecule has 2 aromatic carbocycles. The maximum atomic E-state index is 12.3. The SMILES string of the molecule is O=C(NCc1ccccc1)N1CCN(Cc2cccc(Cl)c2)CC1. The third-order valence-electron chi connectivity index (χ3n) is 4.24. The number of nitrogens with zero attached hydrogens (tertiary/aromatic N) is 2. The fraction of sp³-hybridized carbons (Fsp3) is 0.316. The van der Waals surface area contributed by atoms with Gasteiger partial charge in [0.15, 0.2) is 0 Å². The van der Waals surface area contributed by atoms with Crippen LogP contribution in [0.1, 0.15) is 11.1 Å². The molecule has 0 atom stereocenters. The minimum atomic E-state index is 0.0151. The Labute approximate surface area is 148 Å². The topological polar surface area (TPSA) is 35.6 Å². The molecule has 1 aliphatic heterocycles. The molecule has 2 aromatic rings. The third kappa shape index (κ3) is 4.73. The van der Waals surface area contributed by atoms with Crippen LogP contribution in [0.15, 0.2) is 54.6 Å². The Balaban J connectivity index is 1.43. The zero-order valence-corrected chi connectivity index (χ0v) is 14.4. The standard InChI is InChI=1S/C19H22ClN3O/c20-18-8-4-7-17(13-18)15-22-9-11-23(12-10-22)19(24)21-14-16-5-2-1-3-6-16/h1-8,13H,9-12,14-15H2,(H,21,24). The second-order valence-corrected chi connectivity index (χ2v) is 6.47. The number of carbonyl (C=O) groups excluding carboxylic acids is 1. The first-order chi connectivity index (χ1) is 11.7. The number of urea groups is 1. The summed E-state index contributed by atoms with van der Waals surface area (Å²) in [5.41, 5.74) is 2.33. The molecule has 1 saturated heterocycles. The fourth-order valence-corrected chi connectivity index (χ4v) is 3.10. The van der Waals surface area contributed by atoms with E-state index in [1.807, 2.05) is 53.4 Å². The summed E-state index contributed by atoms with van der Waals surface area (Å²) < 4.78 is 0. The molecule has 1 N–H and O–H groups in total. The van der Waals surface area contributed by atoms with Crippen LogP contribution < -0.4 is 5.32 Å². The number of benzene rings is 2. The molecule has 126 valence electrons. The normalized spacial score (nSPS) is 15.3. The van der Waals surface area contributed by atoms with Gasteiger partial charge in [-0.2, -0.15) is 0 Å². The van der Waals surface area contributed by atoms with E-state index in [0.717, 1.165) is 43.3 Å². The minimum absolute atomic E-state index is 0.0151. The van der Waals surface area contributed by atoms with Crippen molar-refractivity contribution in [2.75, 3.05) is 26.2 Å². The number of piperazine rings is 1. The Bertz CT molecular complexity index is 669. The number of nitrogens with one attached hydrogen (secondary N) is 1. The Morgan fingerprint density at radius 1 is 0.958 bits per heavy atom. The first kappa shape index (κ1) is 16.8. The monoisotopic (exact) mass is 343 g/mol. The van der Waals surface area contributed by atoms with E-state index in [9.17, 15) is 4.79 Å². The lowest BCUT2D eigenvalue weighted by molar-refractivity contribution is 0.135. The van der Waals surface area contributed by atoms with Crippen molar-refractivity contribution < 1.29 is 4.79 Å². The Morgan fingerprint density at radius 3 is 2.38 bits per heavy atom. The molecular formula is C19H22ClN3O. The van der Waals surface area contributed by atoms with Gasteiger partial charge in [-0.15, -0.1) is 0 Å². The van der Waals surface area contributed by atoms with Crippen molar-refractivity contribution in [3.63, 3.8) is 0 Å². The largest absolute Gasteiger partial charge is 0.334 e. The number of halogens is 1. The molecule has 0 aromatic heterocycles. The number of hydrogen-bond donors (Lipinski definition) is 1. The molecule has 2 amide bonds. The molecule has 0 unspecified atom stereocenters. The van der Waals surface area contributed by atoms with E-state index in [4.69, 9.17) is 11.6 Å². The summed E-state index contributed by atoms with van der Waals surface area (Å²) in [7, 11) is 0. The number of rotatable bonds is 4. The quantitative estimate of drug-likeness (QED) is 0.923. The van der Waals surface area contributed by atoms with Gasteiger partial charge in [-0.25, -0.2) is 4.79 Å². The summed E-state index contributed by atoms with van der Waals surface area (Å²) in [6, 6.07) is 17.9. The minimum Gasteiger partial charge on any atom is -0.334 e. The van der Waals surface area contributed by atoms with E-state index in [2.05, 4.69) is 16.3 Å².